The van der Waals surface area contributed by atoms with Gasteiger partial charge in [0.1, 0.15) is 17.1 Å². The summed E-state index contributed by atoms with van der Waals surface area (Å²) in [5, 5.41) is 9.15. The maximum atomic E-state index is 14.1. The van der Waals surface area contributed by atoms with E-state index < -0.39 is 0 Å². The van der Waals surface area contributed by atoms with E-state index in [0.29, 0.717) is 44.2 Å². The number of anilines is 3. The summed E-state index contributed by atoms with van der Waals surface area (Å²) in [7, 11) is 1.67. The van der Waals surface area contributed by atoms with Crippen LogP contribution in [0.5, 0.6) is 5.75 Å². The zero-order chi connectivity index (χ0) is 28.1. The first-order valence-corrected chi connectivity index (χ1v) is 13.8. The molecule has 2 heterocycles. The molecule has 1 fully saturated rings. The molecule has 206 valence electrons. The first kappa shape index (κ1) is 25.6. The third-order valence-electron chi connectivity index (χ3n) is 7.83. The van der Waals surface area contributed by atoms with Gasteiger partial charge < -0.3 is 19.5 Å². The van der Waals surface area contributed by atoms with Crippen molar-refractivity contribution >= 4 is 45.3 Å². The maximum Gasteiger partial charge on any atom is 0.196 e. The van der Waals surface area contributed by atoms with E-state index in [4.69, 9.17) is 20.9 Å². The van der Waals surface area contributed by atoms with Crippen molar-refractivity contribution in [2.45, 2.75) is 6.54 Å². The topological polar surface area (TPSA) is 70.8 Å². The highest BCUT2D eigenvalue weighted by atomic mass is 35.5. The molecular weight excluding hydrogens is 543 g/mol. The summed E-state index contributed by atoms with van der Waals surface area (Å²) in [5.74, 6) is 0.907. The molecule has 1 aliphatic heterocycles. The number of nitrogens with zero attached hydrogens (tertiary/aromatic N) is 3. The van der Waals surface area contributed by atoms with Crippen LogP contribution in [-0.4, -0.2) is 49.1 Å². The molecule has 1 saturated heterocycles. The minimum absolute atomic E-state index is 0.118. The number of carbonyl (C=O) groups excluding carboxylic acids is 1. The van der Waals surface area contributed by atoms with Gasteiger partial charge in [0, 0.05) is 60.1 Å². The second kappa shape index (κ2) is 10.2. The van der Waals surface area contributed by atoms with Gasteiger partial charge in [-0.1, -0.05) is 47.1 Å². The summed E-state index contributed by atoms with van der Waals surface area (Å²) in [5.41, 5.74) is 5.46. The maximum absolute atomic E-state index is 14.1. The van der Waals surface area contributed by atoms with E-state index in [1.54, 1.807) is 25.3 Å². The summed E-state index contributed by atoms with van der Waals surface area (Å²) in [4.78, 5) is 18.5. The van der Waals surface area contributed by atoms with Gasteiger partial charge in [-0.15, -0.1) is 0 Å². The molecule has 0 bridgehead atoms. The molecule has 2 aliphatic rings. The molecule has 0 amide bonds. The number of methoxy groups -OCH3 is 1. The van der Waals surface area contributed by atoms with Gasteiger partial charge in [-0.3, -0.25) is 9.69 Å². The van der Waals surface area contributed by atoms with Gasteiger partial charge in [-0.2, -0.15) is 0 Å². The van der Waals surface area contributed by atoms with Crippen LogP contribution in [-0.2, 0) is 6.54 Å². The Morgan fingerprint density at radius 1 is 1.00 bits per heavy atom. The highest BCUT2D eigenvalue weighted by molar-refractivity contribution is 6.30. The SMILES string of the molecule is COc1ccc(Cl)cc1CN1CCN(c2cc(Nc3cccc(F)c3)c3c4c(onc24)-c2ccccc2C3=O)CC1. The number of aromatic nitrogens is 1. The van der Waals surface area contributed by atoms with Gasteiger partial charge in [0.05, 0.1) is 29.4 Å². The lowest BCUT2D eigenvalue weighted by Gasteiger charge is -2.36. The average Bonchev–Trinajstić information content (AvgIpc) is 3.42. The third kappa shape index (κ3) is 4.49. The lowest BCUT2D eigenvalue weighted by molar-refractivity contribution is 0.104. The molecule has 4 aromatic carbocycles. The Hall–Kier alpha value is -4.40. The smallest absolute Gasteiger partial charge is 0.196 e. The molecule has 0 unspecified atom stereocenters. The van der Waals surface area contributed by atoms with Crippen molar-refractivity contribution < 1.29 is 18.4 Å². The number of hydrogen-bond donors (Lipinski definition) is 1. The average molecular weight is 569 g/mol. The molecule has 0 saturated carbocycles. The van der Waals surface area contributed by atoms with Crippen molar-refractivity contribution in [3.63, 3.8) is 0 Å². The Labute approximate surface area is 241 Å². The molecule has 1 aliphatic carbocycles. The Morgan fingerprint density at radius 3 is 2.59 bits per heavy atom. The molecule has 5 aromatic rings. The van der Waals surface area contributed by atoms with Crippen molar-refractivity contribution in [2.75, 3.05) is 43.5 Å². The van der Waals surface area contributed by atoms with Crippen molar-refractivity contribution in [1.29, 1.82) is 0 Å². The summed E-state index contributed by atoms with van der Waals surface area (Å²) in [6.45, 7) is 3.81. The van der Waals surface area contributed by atoms with E-state index in [-0.39, 0.29) is 11.6 Å². The molecule has 1 aromatic heterocycles. The predicted octanol–water partition coefficient (Wildman–Crippen LogP) is 6.91. The molecule has 1 N–H and O–H groups in total. The van der Waals surface area contributed by atoms with Crippen LogP contribution in [0.2, 0.25) is 5.02 Å². The van der Waals surface area contributed by atoms with Gasteiger partial charge in [0.2, 0.25) is 0 Å². The molecule has 0 atom stereocenters. The highest BCUT2D eigenvalue weighted by Gasteiger charge is 2.34. The van der Waals surface area contributed by atoms with Crippen LogP contribution in [0, 0.1) is 5.82 Å². The van der Waals surface area contributed by atoms with Crippen LogP contribution in [0.4, 0.5) is 21.5 Å². The highest BCUT2D eigenvalue weighted by Crippen LogP contribution is 2.46. The summed E-state index contributed by atoms with van der Waals surface area (Å²) in [6, 6.07) is 21.2. The van der Waals surface area contributed by atoms with E-state index in [2.05, 4.69) is 20.3 Å². The minimum Gasteiger partial charge on any atom is -0.496 e. The van der Waals surface area contributed by atoms with Gasteiger partial charge in [0.15, 0.2) is 11.5 Å². The van der Waals surface area contributed by atoms with Gasteiger partial charge in [-0.05, 0) is 42.5 Å². The number of ether oxygens (including phenoxy) is 1. The number of halogens is 2. The van der Waals surface area contributed by atoms with Crippen molar-refractivity contribution in [2.24, 2.45) is 0 Å². The van der Waals surface area contributed by atoms with E-state index in [0.717, 1.165) is 55.3 Å². The lowest BCUT2D eigenvalue weighted by Crippen LogP contribution is -2.46. The number of nitrogens with one attached hydrogen (secondary N) is 1. The van der Waals surface area contributed by atoms with E-state index in [1.807, 2.05) is 42.5 Å². The van der Waals surface area contributed by atoms with Crippen LogP contribution in [0.15, 0.2) is 77.3 Å². The Bertz CT molecular complexity index is 1810. The fraction of sp³-hybridized carbons (Fsp3) is 0.188. The van der Waals surface area contributed by atoms with E-state index in [1.165, 1.54) is 12.1 Å². The molecule has 0 radical (unpaired) electrons. The summed E-state index contributed by atoms with van der Waals surface area (Å²) >= 11 is 6.26. The standard InChI is InChI=1S/C32H26ClFN4O3/c1-40-27-10-9-20(33)15-19(27)18-37-11-13-38(14-12-37)26-17-25(35-22-6-4-5-21(34)16-22)28-29-30(26)36-41-32(29)24-8-3-2-7-23(24)31(28)39/h2-10,15-17,35H,11-14,18H2,1H3. The van der Waals surface area contributed by atoms with Crippen LogP contribution >= 0.6 is 11.6 Å². The molecule has 9 heteroatoms. The van der Waals surface area contributed by atoms with Crippen LogP contribution < -0.4 is 15.0 Å². The Kier molecular flexibility index (Phi) is 6.37. The fourth-order valence-corrected chi connectivity index (χ4v) is 6.06. The number of benzene rings is 4. The number of ketones is 1. The Balaban J connectivity index is 1.26. The van der Waals surface area contributed by atoms with Crippen LogP contribution in [0.1, 0.15) is 21.5 Å². The van der Waals surface area contributed by atoms with E-state index >= 15 is 0 Å². The third-order valence-corrected chi connectivity index (χ3v) is 8.07. The second-order valence-corrected chi connectivity index (χ2v) is 10.7. The zero-order valence-corrected chi connectivity index (χ0v) is 23.0. The van der Waals surface area contributed by atoms with Crippen molar-refractivity contribution in [3.05, 3.63) is 100 Å². The largest absolute Gasteiger partial charge is 0.496 e. The molecule has 0 spiro atoms. The molecule has 7 rings (SSSR count). The van der Waals surface area contributed by atoms with Crippen LogP contribution in [0.25, 0.3) is 22.2 Å². The van der Waals surface area contributed by atoms with Crippen LogP contribution in [0.3, 0.4) is 0 Å². The zero-order valence-electron chi connectivity index (χ0n) is 22.3. The molecule has 41 heavy (non-hydrogen) atoms. The Morgan fingerprint density at radius 2 is 1.80 bits per heavy atom. The van der Waals surface area contributed by atoms with E-state index in [9.17, 15) is 9.18 Å². The first-order chi connectivity index (χ1) is 20.0. The number of hydrogen-bond acceptors (Lipinski definition) is 7. The molecular formula is C32H26ClFN4O3. The number of carbonyl (C=O) groups is 1. The van der Waals surface area contributed by atoms with Crippen molar-refractivity contribution in [1.82, 2.24) is 10.1 Å². The van der Waals surface area contributed by atoms with Crippen molar-refractivity contribution in [3.8, 4) is 17.1 Å². The molecule has 7 nitrogen and oxygen atoms in total. The lowest BCUT2D eigenvalue weighted by atomic mass is 9.86. The minimum atomic E-state index is -0.361. The van der Waals surface area contributed by atoms with Gasteiger partial charge >= 0.3 is 0 Å². The summed E-state index contributed by atoms with van der Waals surface area (Å²) in [6.07, 6.45) is 0. The quantitative estimate of drug-likeness (QED) is 0.234. The summed E-state index contributed by atoms with van der Waals surface area (Å²) < 4.78 is 25.5. The predicted molar refractivity (Wildman–Crippen MR) is 158 cm³/mol. The number of fused-ring (bicyclic) bond motifs is 2. The first-order valence-electron chi connectivity index (χ1n) is 13.4. The number of piperazine rings is 1. The fourth-order valence-electron chi connectivity index (χ4n) is 5.86. The van der Waals surface area contributed by atoms with Gasteiger partial charge in [-0.25, -0.2) is 4.39 Å². The second-order valence-electron chi connectivity index (χ2n) is 10.3. The monoisotopic (exact) mass is 568 g/mol. The normalized spacial score (nSPS) is 14.8. The number of rotatable bonds is 6. The van der Waals surface area contributed by atoms with Gasteiger partial charge in [0.25, 0.3) is 0 Å².